The maximum absolute atomic E-state index is 11.5. The molecule has 8 heteroatoms. The van der Waals surface area contributed by atoms with Crippen LogP contribution in [0.3, 0.4) is 0 Å². The summed E-state index contributed by atoms with van der Waals surface area (Å²) in [5.41, 5.74) is -0.554. The molecular formula is C12H8Cl2N2O4. The molecule has 0 aromatic heterocycles. The molecule has 0 N–H and O–H groups in total. The number of esters is 1. The number of ether oxygens (including phenoxy) is 1. The quantitative estimate of drug-likeness (QED) is 0.279. The first-order valence-electron chi connectivity index (χ1n) is 5.33. The lowest BCUT2D eigenvalue weighted by atomic mass is 10.1. The normalized spacial score (nSPS) is 10.8. The number of nitriles is 1. The minimum absolute atomic E-state index is 0.0812. The summed E-state index contributed by atoms with van der Waals surface area (Å²) < 4.78 is 4.68. The molecule has 1 aromatic rings. The van der Waals surface area contributed by atoms with E-state index in [0.29, 0.717) is 0 Å². The fourth-order valence-electron chi connectivity index (χ4n) is 1.31. The molecule has 1 rings (SSSR count). The number of nitro groups is 1. The molecule has 0 saturated heterocycles. The number of hydrogen-bond acceptors (Lipinski definition) is 5. The van der Waals surface area contributed by atoms with E-state index in [1.807, 2.05) is 0 Å². The van der Waals surface area contributed by atoms with Gasteiger partial charge in [0.15, 0.2) is 0 Å². The molecule has 0 heterocycles. The molecule has 0 aliphatic rings. The van der Waals surface area contributed by atoms with Crippen molar-refractivity contribution in [3.8, 4) is 6.07 Å². The summed E-state index contributed by atoms with van der Waals surface area (Å²) >= 11 is 11.6. The van der Waals surface area contributed by atoms with Crippen molar-refractivity contribution in [2.45, 2.75) is 6.92 Å². The van der Waals surface area contributed by atoms with Crippen molar-refractivity contribution in [1.29, 1.82) is 5.26 Å². The van der Waals surface area contributed by atoms with E-state index in [0.717, 1.165) is 12.1 Å². The number of halogens is 2. The van der Waals surface area contributed by atoms with Crippen LogP contribution in [0.25, 0.3) is 6.08 Å². The fourth-order valence-corrected chi connectivity index (χ4v) is 1.81. The van der Waals surface area contributed by atoms with Crippen LogP contribution < -0.4 is 0 Å². The Balaban J connectivity index is 3.32. The smallest absolute Gasteiger partial charge is 0.348 e. The Kier molecular flexibility index (Phi) is 5.50. The van der Waals surface area contributed by atoms with E-state index in [2.05, 4.69) is 4.74 Å². The number of carbonyl (C=O) groups excluding carboxylic acids is 1. The van der Waals surface area contributed by atoms with Gasteiger partial charge in [-0.3, -0.25) is 10.1 Å². The van der Waals surface area contributed by atoms with Crippen molar-refractivity contribution in [3.63, 3.8) is 0 Å². The first-order valence-corrected chi connectivity index (χ1v) is 6.08. The van der Waals surface area contributed by atoms with Crippen molar-refractivity contribution in [3.05, 3.63) is 43.4 Å². The Bertz CT molecular complexity index is 635. The van der Waals surface area contributed by atoms with E-state index in [4.69, 9.17) is 28.5 Å². The second-order valence-corrected chi connectivity index (χ2v) is 4.29. The highest BCUT2D eigenvalue weighted by atomic mass is 35.5. The lowest BCUT2D eigenvalue weighted by molar-refractivity contribution is -0.384. The van der Waals surface area contributed by atoms with Gasteiger partial charge in [-0.1, -0.05) is 23.2 Å². The van der Waals surface area contributed by atoms with Gasteiger partial charge in [0.25, 0.3) is 5.69 Å². The highest BCUT2D eigenvalue weighted by molar-refractivity contribution is 6.36. The van der Waals surface area contributed by atoms with Crippen LogP contribution in [0, 0.1) is 21.4 Å². The minimum Gasteiger partial charge on any atom is -0.462 e. The molecule has 20 heavy (non-hydrogen) atoms. The minimum atomic E-state index is -0.830. The van der Waals surface area contributed by atoms with Gasteiger partial charge < -0.3 is 4.74 Å². The van der Waals surface area contributed by atoms with Gasteiger partial charge in [0.1, 0.15) is 16.7 Å². The molecule has 0 amide bonds. The summed E-state index contributed by atoms with van der Waals surface area (Å²) in [7, 11) is 0. The Morgan fingerprint density at radius 3 is 2.65 bits per heavy atom. The molecule has 0 spiro atoms. The first-order chi connectivity index (χ1) is 9.40. The van der Waals surface area contributed by atoms with Crippen LogP contribution in [-0.2, 0) is 9.53 Å². The molecule has 6 nitrogen and oxygen atoms in total. The molecule has 0 atom stereocenters. The summed E-state index contributed by atoms with van der Waals surface area (Å²) in [5.74, 6) is -0.830. The maximum Gasteiger partial charge on any atom is 0.348 e. The summed E-state index contributed by atoms with van der Waals surface area (Å²) in [6.45, 7) is 1.69. The highest BCUT2D eigenvalue weighted by Crippen LogP contribution is 2.32. The second kappa shape index (κ2) is 6.89. The Hall–Kier alpha value is -2.10. The van der Waals surface area contributed by atoms with Crippen LogP contribution in [-0.4, -0.2) is 17.5 Å². The number of hydrogen-bond donors (Lipinski definition) is 0. The van der Waals surface area contributed by atoms with Crippen molar-refractivity contribution in [2.24, 2.45) is 0 Å². The van der Waals surface area contributed by atoms with Crippen LogP contribution >= 0.6 is 23.2 Å². The number of nitro benzene ring substituents is 1. The number of benzene rings is 1. The van der Waals surface area contributed by atoms with Gasteiger partial charge >= 0.3 is 5.97 Å². The molecule has 0 bridgehead atoms. The van der Waals surface area contributed by atoms with Gasteiger partial charge in [-0.15, -0.1) is 0 Å². The third-order valence-electron chi connectivity index (χ3n) is 2.18. The second-order valence-electron chi connectivity index (χ2n) is 3.47. The average Bonchev–Trinajstić information content (AvgIpc) is 2.37. The number of rotatable bonds is 4. The first kappa shape index (κ1) is 16.0. The van der Waals surface area contributed by atoms with E-state index >= 15 is 0 Å². The molecule has 0 unspecified atom stereocenters. The van der Waals surface area contributed by atoms with Crippen molar-refractivity contribution < 1.29 is 14.5 Å². The maximum atomic E-state index is 11.5. The van der Waals surface area contributed by atoms with E-state index in [1.165, 1.54) is 6.07 Å². The summed E-state index contributed by atoms with van der Waals surface area (Å²) in [5, 5.41) is 19.6. The van der Waals surface area contributed by atoms with Crippen LogP contribution in [0.5, 0.6) is 0 Å². The van der Waals surface area contributed by atoms with Crippen LogP contribution in [0.15, 0.2) is 17.7 Å². The largest absolute Gasteiger partial charge is 0.462 e. The zero-order valence-corrected chi connectivity index (χ0v) is 11.7. The van der Waals surface area contributed by atoms with E-state index < -0.39 is 10.9 Å². The number of carbonyl (C=O) groups is 1. The molecule has 104 valence electrons. The SMILES string of the molecule is CCOC(=O)/C(C#N)=C\c1cc([N+](=O)[O-])c(Cl)cc1Cl. The Morgan fingerprint density at radius 1 is 1.50 bits per heavy atom. The predicted octanol–water partition coefficient (Wildman–Crippen LogP) is 3.37. The van der Waals surface area contributed by atoms with Crippen molar-refractivity contribution in [2.75, 3.05) is 6.61 Å². The zero-order chi connectivity index (χ0) is 15.3. The average molecular weight is 315 g/mol. The molecule has 1 aromatic carbocycles. The van der Waals surface area contributed by atoms with Gasteiger partial charge in [0.2, 0.25) is 0 Å². The van der Waals surface area contributed by atoms with Gasteiger partial charge in [-0.2, -0.15) is 5.26 Å². The molecule has 0 aliphatic heterocycles. The zero-order valence-electron chi connectivity index (χ0n) is 10.2. The van der Waals surface area contributed by atoms with Gasteiger partial charge in [0, 0.05) is 16.7 Å². The lowest BCUT2D eigenvalue weighted by Gasteiger charge is -2.03. The summed E-state index contributed by atoms with van der Waals surface area (Å²) in [6.07, 6.45) is 1.11. The molecule has 0 saturated carbocycles. The molecular weight excluding hydrogens is 307 g/mol. The molecule has 0 aliphatic carbocycles. The standard InChI is InChI=1S/C12H8Cl2N2O4/c1-2-20-12(17)8(6-15)3-7-4-11(16(18)19)10(14)5-9(7)13/h3-5H,2H2,1H3/b8-3-. The summed E-state index contributed by atoms with van der Waals surface area (Å²) in [6, 6.07) is 3.91. The molecule has 0 radical (unpaired) electrons. The van der Waals surface area contributed by atoms with E-state index in [1.54, 1.807) is 13.0 Å². The van der Waals surface area contributed by atoms with Gasteiger partial charge in [0.05, 0.1) is 11.5 Å². The predicted molar refractivity (Wildman–Crippen MR) is 73.3 cm³/mol. The highest BCUT2D eigenvalue weighted by Gasteiger charge is 2.17. The third-order valence-corrected chi connectivity index (χ3v) is 2.81. The van der Waals surface area contributed by atoms with E-state index in [9.17, 15) is 14.9 Å². The van der Waals surface area contributed by atoms with E-state index in [-0.39, 0.29) is 33.5 Å². The number of nitrogens with zero attached hydrogens (tertiary/aromatic N) is 2. The topological polar surface area (TPSA) is 93.2 Å². The fraction of sp³-hybridized carbons (Fsp3) is 0.167. The van der Waals surface area contributed by atoms with Crippen molar-refractivity contribution >= 4 is 40.9 Å². The summed E-state index contributed by atoms with van der Waals surface area (Å²) in [4.78, 5) is 21.5. The lowest BCUT2D eigenvalue weighted by Crippen LogP contribution is -2.06. The van der Waals surface area contributed by atoms with Crippen LogP contribution in [0.1, 0.15) is 12.5 Å². The monoisotopic (exact) mass is 314 g/mol. The van der Waals surface area contributed by atoms with Gasteiger partial charge in [-0.25, -0.2) is 4.79 Å². The molecule has 0 fully saturated rings. The Labute approximate surface area is 124 Å². The van der Waals surface area contributed by atoms with Crippen LogP contribution in [0.4, 0.5) is 5.69 Å². The third kappa shape index (κ3) is 3.70. The van der Waals surface area contributed by atoms with Gasteiger partial charge in [-0.05, 0) is 19.1 Å². The van der Waals surface area contributed by atoms with Crippen LogP contribution in [0.2, 0.25) is 10.0 Å². The Morgan fingerprint density at radius 2 is 2.15 bits per heavy atom. The van der Waals surface area contributed by atoms with Crippen molar-refractivity contribution in [1.82, 2.24) is 0 Å².